The van der Waals surface area contributed by atoms with E-state index in [0.717, 1.165) is 28.0 Å². The maximum atomic E-state index is 12.6. The monoisotopic (exact) mass is 680 g/mol. The number of aromatic nitrogens is 2. The highest BCUT2D eigenvalue weighted by atomic mass is 35.5. The number of nitrogens with zero attached hydrogens (tertiary/aromatic N) is 2. The van der Waals surface area contributed by atoms with E-state index in [0.29, 0.717) is 53.1 Å². The predicted molar refractivity (Wildman–Crippen MR) is 177 cm³/mol. The molecule has 6 nitrogen and oxygen atoms in total. The average molecular weight is 682 g/mol. The second-order valence-electron chi connectivity index (χ2n) is 10.4. The molecule has 5 rings (SSSR count). The number of imidazole rings is 1. The van der Waals surface area contributed by atoms with Gasteiger partial charge in [-0.25, -0.2) is 4.98 Å². The molecule has 11 heteroatoms. The van der Waals surface area contributed by atoms with Gasteiger partial charge in [-0.2, -0.15) is 0 Å². The Hall–Kier alpha value is -4.73. The topological polar surface area (TPSA) is 62.6 Å². The van der Waals surface area contributed by atoms with Crippen molar-refractivity contribution < 1.29 is 32.2 Å². The van der Waals surface area contributed by atoms with Crippen molar-refractivity contribution in [2.24, 2.45) is 0 Å². The van der Waals surface area contributed by atoms with Gasteiger partial charge in [0.2, 0.25) is 0 Å². The Balaban J connectivity index is 1.31. The molecule has 0 amide bonds. The molecule has 0 saturated carbocycles. The van der Waals surface area contributed by atoms with Gasteiger partial charge in [0.15, 0.2) is 0 Å². The first-order valence-electron chi connectivity index (χ1n) is 14.5. The highest BCUT2D eigenvalue weighted by Gasteiger charge is 2.31. The second-order valence-corrected chi connectivity index (χ2v) is 11.3. The molecule has 1 aromatic heterocycles. The number of rotatable bonds is 12. The lowest BCUT2D eigenvalue weighted by Gasteiger charge is -2.10. The molecule has 0 saturated heterocycles. The van der Waals surface area contributed by atoms with Crippen LogP contribution in [0.1, 0.15) is 29.8 Å². The van der Waals surface area contributed by atoms with Crippen molar-refractivity contribution in [1.29, 1.82) is 0 Å². The average Bonchev–Trinajstić information content (AvgIpc) is 3.44. The molecule has 0 unspecified atom stereocenters. The van der Waals surface area contributed by atoms with Crippen LogP contribution >= 0.6 is 23.2 Å². The zero-order valence-corrected chi connectivity index (χ0v) is 26.6. The molecule has 5 aromatic rings. The van der Waals surface area contributed by atoms with Crippen molar-refractivity contribution in [3.8, 4) is 33.9 Å². The molecule has 4 aromatic carbocycles. The van der Waals surface area contributed by atoms with Crippen LogP contribution < -0.4 is 9.47 Å². The third kappa shape index (κ3) is 9.64. The van der Waals surface area contributed by atoms with E-state index in [-0.39, 0.29) is 11.7 Å². The normalized spacial score (nSPS) is 11.5. The van der Waals surface area contributed by atoms with Gasteiger partial charge in [0.05, 0.1) is 24.4 Å². The molecule has 0 aliphatic carbocycles. The Bertz CT molecular complexity index is 1840. The molecule has 0 atom stereocenters. The van der Waals surface area contributed by atoms with E-state index in [9.17, 15) is 18.0 Å². The van der Waals surface area contributed by atoms with Gasteiger partial charge in [-0.1, -0.05) is 77.8 Å². The molecule has 0 spiro atoms. The molecule has 242 valence electrons. The summed E-state index contributed by atoms with van der Waals surface area (Å²) in [6.45, 7) is 0.763. The number of carbonyl (C=O) groups is 1. The van der Waals surface area contributed by atoms with Crippen LogP contribution in [0.5, 0.6) is 11.5 Å². The van der Waals surface area contributed by atoms with Gasteiger partial charge in [-0.15, -0.1) is 13.2 Å². The Labute approximate surface area is 279 Å². The number of alkyl halides is 3. The molecular weight excluding hydrogens is 652 g/mol. The quantitative estimate of drug-likeness (QED) is 0.0969. The minimum absolute atomic E-state index is 0.257. The predicted octanol–water partition coefficient (Wildman–Crippen LogP) is 9.97. The van der Waals surface area contributed by atoms with Crippen molar-refractivity contribution in [3.05, 3.63) is 124 Å². The van der Waals surface area contributed by atoms with E-state index in [1.807, 2.05) is 71.4 Å². The lowest BCUT2D eigenvalue weighted by atomic mass is 10.0. The number of benzene rings is 4. The fourth-order valence-corrected chi connectivity index (χ4v) is 5.23. The standard InChI is InChI=1S/C36H29Cl2F3N2O4/c1-45-35(44)3-2-20-46-29-16-11-27(12-17-29)26-9-4-24(5-10-26)8-19-34-42-33(31-18-13-28(37)21-32(31)38)23-43(34)22-25-6-14-30(15-7-25)47-36(39,40)41/h4-19,21,23H,2-3,20,22H2,1H3. The number of esters is 1. The molecule has 1 heterocycles. The summed E-state index contributed by atoms with van der Waals surface area (Å²) in [5.74, 6) is 0.791. The Morgan fingerprint density at radius 2 is 1.53 bits per heavy atom. The first-order valence-corrected chi connectivity index (χ1v) is 15.3. The smallest absolute Gasteiger partial charge is 0.494 e. The summed E-state index contributed by atoms with van der Waals surface area (Å²) >= 11 is 12.6. The molecule has 0 N–H and O–H groups in total. The van der Waals surface area contributed by atoms with Gasteiger partial charge in [0, 0.05) is 29.7 Å². The van der Waals surface area contributed by atoms with Crippen molar-refractivity contribution in [2.75, 3.05) is 13.7 Å². The number of methoxy groups -OCH3 is 1. The van der Waals surface area contributed by atoms with E-state index in [1.54, 1.807) is 30.3 Å². The second kappa shape index (κ2) is 15.2. The largest absolute Gasteiger partial charge is 0.573 e. The first kappa shape index (κ1) is 33.6. The SMILES string of the molecule is COC(=O)CCCOc1ccc(-c2ccc(C=Cc3nc(-c4ccc(Cl)cc4Cl)cn3Cc3ccc(OC(F)(F)F)cc3)cc2)cc1. The number of hydrogen-bond acceptors (Lipinski definition) is 5. The maximum Gasteiger partial charge on any atom is 0.573 e. The minimum Gasteiger partial charge on any atom is -0.494 e. The van der Waals surface area contributed by atoms with Crippen LogP contribution in [0.2, 0.25) is 10.0 Å². The minimum atomic E-state index is -4.76. The molecule has 0 radical (unpaired) electrons. The van der Waals surface area contributed by atoms with Crippen molar-refractivity contribution in [1.82, 2.24) is 9.55 Å². The lowest BCUT2D eigenvalue weighted by molar-refractivity contribution is -0.274. The third-order valence-electron chi connectivity index (χ3n) is 7.07. The van der Waals surface area contributed by atoms with Gasteiger partial charge in [0.25, 0.3) is 0 Å². The van der Waals surface area contributed by atoms with E-state index in [1.165, 1.54) is 19.2 Å². The van der Waals surface area contributed by atoms with Crippen LogP contribution in [-0.4, -0.2) is 35.6 Å². The molecule has 0 fully saturated rings. The van der Waals surface area contributed by atoms with Crippen LogP contribution in [0.3, 0.4) is 0 Å². The van der Waals surface area contributed by atoms with Gasteiger partial charge in [-0.3, -0.25) is 4.79 Å². The molecule has 47 heavy (non-hydrogen) atoms. The van der Waals surface area contributed by atoms with Crippen LogP contribution in [0.25, 0.3) is 34.5 Å². The fraction of sp³-hybridized carbons (Fsp3) is 0.167. The van der Waals surface area contributed by atoms with Gasteiger partial charge >= 0.3 is 12.3 Å². The van der Waals surface area contributed by atoms with E-state index in [2.05, 4.69) is 9.47 Å². The van der Waals surface area contributed by atoms with Crippen LogP contribution in [0, 0.1) is 0 Å². The summed E-state index contributed by atoms with van der Waals surface area (Å²) < 4.78 is 54.1. The molecule has 0 aliphatic heterocycles. The van der Waals surface area contributed by atoms with E-state index >= 15 is 0 Å². The number of carbonyl (C=O) groups excluding carboxylic acids is 1. The summed E-state index contributed by atoms with van der Waals surface area (Å²) in [5, 5.41) is 0.944. The van der Waals surface area contributed by atoms with Crippen LogP contribution in [-0.2, 0) is 16.1 Å². The Kier molecular flexibility index (Phi) is 10.9. The van der Waals surface area contributed by atoms with Gasteiger partial charge in [0.1, 0.15) is 17.3 Å². The van der Waals surface area contributed by atoms with Crippen molar-refractivity contribution in [3.63, 3.8) is 0 Å². The van der Waals surface area contributed by atoms with Crippen LogP contribution in [0.4, 0.5) is 13.2 Å². The van der Waals surface area contributed by atoms with Crippen LogP contribution in [0.15, 0.2) is 97.2 Å². The molecule has 0 aliphatic rings. The van der Waals surface area contributed by atoms with Gasteiger partial charge in [-0.05, 0) is 77.2 Å². The first-order chi connectivity index (χ1) is 22.6. The third-order valence-corrected chi connectivity index (χ3v) is 7.62. The Morgan fingerprint density at radius 3 is 2.17 bits per heavy atom. The molecular formula is C36H29Cl2F3N2O4. The maximum absolute atomic E-state index is 12.6. The van der Waals surface area contributed by atoms with E-state index in [4.69, 9.17) is 32.9 Å². The number of halogens is 5. The summed E-state index contributed by atoms with van der Waals surface area (Å²) in [7, 11) is 1.37. The van der Waals surface area contributed by atoms with E-state index < -0.39 is 6.36 Å². The summed E-state index contributed by atoms with van der Waals surface area (Å²) in [6, 6.07) is 26.6. The molecule has 0 bridgehead atoms. The lowest BCUT2D eigenvalue weighted by Crippen LogP contribution is -2.17. The summed E-state index contributed by atoms with van der Waals surface area (Å²) in [6.07, 6.45) is 1.77. The zero-order chi connectivity index (χ0) is 33.4. The van der Waals surface area contributed by atoms with Gasteiger partial charge < -0.3 is 18.8 Å². The summed E-state index contributed by atoms with van der Waals surface area (Å²) in [5.41, 5.74) is 5.05. The zero-order valence-electron chi connectivity index (χ0n) is 25.1. The summed E-state index contributed by atoms with van der Waals surface area (Å²) in [4.78, 5) is 16.0. The highest BCUT2D eigenvalue weighted by Crippen LogP contribution is 2.31. The van der Waals surface area contributed by atoms with Crippen molar-refractivity contribution >= 4 is 41.3 Å². The Morgan fingerprint density at radius 1 is 0.872 bits per heavy atom. The fourth-order valence-electron chi connectivity index (χ4n) is 4.72. The van der Waals surface area contributed by atoms with Crippen molar-refractivity contribution in [2.45, 2.75) is 25.7 Å². The number of ether oxygens (including phenoxy) is 3. The highest BCUT2D eigenvalue weighted by molar-refractivity contribution is 6.36. The number of hydrogen-bond donors (Lipinski definition) is 0.